The Hall–Kier alpha value is -0.0400. The van der Waals surface area contributed by atoms with Gasteiger partial charge >= 0.3 is 0 Å². The quantitative estimate of drug-likeness (QED) is 0.587. The molecule has 1 aliphatic carbocycles. The monoisotopic (exact) mass is 153 g/mol. The molecule has 3 fully saturated rings. The van der Waals surface area contributed by atoms with Gasteiger partial charge in [-0.25, -0.2) is 0 Å². The van der Waals surface area contributed by atoms with E-state index in [1.54, 1.807) is 0 Å². The predicted octanol–water partition coefficient (Wildman–Crippen LogP) is 2.13. The molecule has 1 saturated carbocycles. The highest BCUT2D eigenvalue weighted by atomic mass is 15.2. The van der Waals surface area contributed by atoms with Crippen molar-refractivity contribution >= 4 is 0 Å². The van der Waals surface area contributed by atoms with Gasteiger partial charge in [-0.2, -0.15) is 0 Å². The van der Waals surface area contributed by atoms with E-state index < -0.39 is 0 Å². The first-order valence-electron chi connectivity index (χ1n) is 4.99. The average Bonchev–Trinajstić information content (AvgIpc) is 2.41. The molecule has 2 aliphatic heterocycles. The number of hydrogen-bond acceptors (Lipinski definition) is 1. The lowest BCUT2D eigenvalue weighted by Crippen LogP contribution is -2.40. The number of fused-ring (bicyclic) bond motifs is 1. The van der Waals surface area contributed by atoms with Crippen LogP contribution < -0.4 is 0 Å². The first-order chi connectivity index (χ1) is 5.24. The highest BCUT2D eigenvalue weighted by Gasteiger charge is 2.50. The molecule has 0 aromatic carbocycles. The Morgan fingerprint density at radius 3 is 2.55 bits per heavy atom. The van der Waals surface area contributed by atoms with E-state index in [1.165, 1.54) is 19.4 Å². The van der Waals surface area contributed by atoms with Gasteiger partial charge in [-0.15, -0.1) is 0 Å². The molecule has 0 aromatic heterocycles. The smallest absolute Gasteiger partial charge is 0.0133 e. The van der Waals surface area contributed by atoms with Crippen LogP contribution in [-0.4, -0.2) is 23.5 Å². The van der Waals surface area contributed by atoms with Gasteiger partial charge < -0.3 is 0 Å². The van der Waals surface area contributed by atoms with E-state index in [2.05, 4.69) is 25.7 Å². The Bertz CT molecular complexity index is 153. The van der Waals surface area contributed by atoms with Crippen LogP contribution in [0.3, 0.4) is 0 Å². The summed E-state index contributed by atoms with van der Waals surface area (Å²) in [5.74, 6) is 2.12. The van der Waals surface area contributed by atoms with Crippen LogP contribution >= 0.6 is 0 Å². The minimum absolute atomic E-state index is 0.779. The fourth-order valence-corrected chi connectivity index (χ4v) is 2.97. The molecular formula is C10H19N. The van der Waals surface area contributed by atoms with E-state index in [9.17, 15) is 0 Å². The highest BCUT2D eigenvalue weighted by Crippen LogP contribution is 2.48. The van der Waals surface area contributed by atoms with Crippen molar-refractivity contribution in [3.8, 4) is 0 Å². The van der Waals surface area contributed by atoms with Crippen molar-refractivity contribution in [3.05, 3.63) is 0 Å². The van der Waals surface area contributed by atoms with E-state index in [0.29, 0.717) is 0 Å². The van der Waals surface area contributed by atoms with Crippen molar-refractivity contribution in [1.29, 1.82) is 0 Å². The van der Waals surface area contributed by atoms with E-state index in [-0.39, 0.29) is 0 Å². The van der Waals surface area contributed by atoms with E-state index in [1.807, 2.05) is 0 Å². The van der Waals surface area contributed by atoms with Gasteiger partial charge in [-0.3, -0.25) is 4.90 Å². The Labute approximate surface area is 69.8 Å². The molecule has 2 saturated heterocycles. The van der Waals surface area contributed by atoms with Crippen LogP contribution in [0, 0.1) is 11.8 Å². The van der Waals surface area contributed by atoms with Crippen LogP contribution in [0.2, 0.25) is 0 Å². The van der Waals surface area contributed by atoms with Crippen molar-refractivity contribution in [3.63, 3.8) is 0 Å². The normalized spacial score (nSPS) is 43.1. The summed E-state index contributed by atoms with van der Waals surface area (Å²) >= 11 is 0. The zero-order chi connectivity index (χ0) is 8.01. The first-order valence-corrected chi connectivity index (χ1v) is 4.99. The fraction of sp³-hybridized carbons (Fsp3) is 1.00. The molecule has 1 nitrogen and oxygen atoms in total. The largest absolute Gasteiger partial charge is 0.297 e. The van der Waals surface area contributed by atoms with Crippen LogP contribution in [0.4, 0.5) is 0 Å². The topological polar surface area (TPSA) is 3.24 Å². The van der Waals surface area contributed by atoms with Crippen LogP contribution in [0.25, 0.3) is 0 Å². The second-order valence-corrected chi connectivity index (χ2v) is 4.43. The van der Waals surface area contributed by atoms with Crippen LogP contribution in [0.15, 0.2) is 0 Å². The molecule has 2 heterocycles. The Morgan fingerprint density at radius 2 is 2.18 bits per heavy atom. The lowest BCUT2D eigenvalue weighted by Gasteiger charge is -2.37. The van der Waals surface area contributed by atoms with Gasteiger partial charge in [0, 0.05) is 18.6 Å². The molecule has 0 spiro atoms. The lowest BCUT2D eigenvalue weighted by molar-refractivity contribution is 0.131. The summed E-state index contributed by atoms with van der Waals surface area (Å²) in [5.41, 5.74) is 0. The van der Waals surface area contributed by atoms with Gasteiger partial charge in [0.05, 0.1) is 0 Å². The molecule has 3 rings (SSSR count). The zero-order valence-corrected chi connectivity index (χ0v) is 7.88. The third-order valence-corrected chi connectivity index (χ3v) is 3.65. The summed E-state index contributed by atoms with van der Waals surface area (Å²) < 4.78 is 0. The Balaban J connectivity index is 2.00. The second-order valence-electron chi connectivity index (χ2n) is 4.43. The van der Waals surface area contributed by atoms with Gasteiger partial charge in [-0.1, -0.05) is 13.3 Å². The summed E-state index contributed by atoms with van der Waals surface area (Å²) in [6.45, 7) is 8.38. The number of nitrogens with zero attached hydrogens (tertiary/aromatic N) is 1. The summed E-state index contributed by atoms with van der Waals surface area (Å²) in [6, 6.07) is 1.74. The number of rotatable bonds is 2. The molecule has 11 heavy (non-hydrogen) atoms. The van der Waals surface area contributed by atoms with Gasteiger partial charge in [-0.05, 0) is 32.1 Å². The fourth-order valence-electron chi connectivity index (χ4n) is 2.97. The standard InChI is InChI=1S/C10H19N/c1-4-9-8-5-10(9)11(6-8)7(2)3/h7-10H,4-6H2,1-3H3. The molecule has 2 bridgehead atoms. The Kier molecular flexibility index (Phi) is 1.71. The van der Waals surface area contributed by atoms with Gasteiger partial charge in [0.25, 0.3) is 0 Å². The molecule has 3 atom stereocenters. The van der Waals surface area contributed by atoms with Crippen molar-refractivity contribution in [1.82, 2.24) is 4.90 Å². The zero-order valence-electron chi connectivity index (χ0n) is 7.88. The first kappa shape index (κ1) is 7.60. The molecule has 0 N–H and O–H groups in total. The van der Waals surface area contributed by atoms with Crippen LogP contribution in [-0.2, 0) is 0 Å². The highest BCUT2D eigenvalue weighted by molar-refractivity contribution is 5.04. The SMILES string of the molecule is CCC1C2CC1N(C(C)C)C2. The average molecular weight is 153 g/mol. The van der Waals surface area contributed by atoms with Crippen molar-refractivity contribution in [2.24, 2.45) is 11.8 Å². The summed E-state index contributed by atoms with van der Waals surface area (Å²) in [6.07, 6.45) is 2.90. The van der Waals surface area contributed by atoms with Crippen molar-refractivity contribution in [2.45, 2.75) is 45.7 Å². The van der Waals surface area contributed by atoms with Crippen molar-refractivity contribution < 1.29 is 0 Å². The molecule has 0 radical (unpaired) electrons. The molecule has 0 aromatic rings. The molecular weight excluding hydrogens is 134 g/mol. The molecule has 3 unspecified atom stereocenters. The molecule has 1 heteroatoms. The van der Waals surface area contributed by atoms with Crippen molar-refractivity contribution in [2.75, 3.05) is 6.54 Å². The molecule has 3 aliphatic rings. The maximum atomic E-state index is 2.69. The predicted molar refractivity (Wildman–Crippen MR) is 47.5 cm³/mol. The molecule has 0 amide bonds. The van der Waals surface area contributed by atoms with E-state index >= 15 is 0 Å². The van der Waals surface area contributed by atoms with Crippen LogP contribution in [0.1, 0.15) is 33.6 Å². The third-order valence-electron chi connectivity index (χ3n) is 3.65. The van der Waals surface area contributed by atoms with Crippen LogP contribution in [0.5, 0.6) is 0 Å². The maximum absolute atomic E-state index is 2.69. The maximum Gasteiger partial charge on any atom is 0.0133 e. The summed E-state index contributed by atoms with van der Waals surface area (Å²) in [4.78, 5) is 2.69. The van der Waals surface area contributed by atoms with E-state index in [0.717, 1.165) is 23.9 Å². The lowest BCUT2D eigenvalue weighted by atomic mass is 9.72. The minimum Gasteiger partial charge on any atom is -0.297 e. The van der Waals surface area contributed by atoms with Gasteiger partial charge in [0.2, 0.25) is 0 Å². The summed E-state index contributed by atoms with van der Waals surface area (Å²) in [5, 5.41) is 0. The third kappa shape index (κ3) is 0.936. The van der Waals surface area contributed by atoms with Gasteiger partial charge in [0.15, 0.2) is 0 Å². The Morgan fingerprint density at radius 1 is 1.45 bits per heavy atom. The molecule has 64 valence electrons. The van der Waals surface area contributed by atoms with Gasteiger partial charge in [0.1, 0.15) is 0 Å². The minimum atomic E-state index is 0.779. The second kappa shape index (κ2) is 2.48. The summed E-state index contributed by atoms with van der Waals surface area (Å²) in [7, 11) is 0. The van der Waals surface area contributed by atoms with E-state index in [4.69, 9.17) is 0 Å². The number of hydrogen-bond donors (Lipinski definition) is 0.